The second kappa shape index (κ2) is 4.60. The lowest BCUT2D eigenvalue weighted by molar-refractivity contribution is 0.169. The third kappa shape index (κ3) is 2.69. The van der Waals surface area contributed by atoms with Gasteiger partial charge in [-0.05, 0) is 36.7 Å². The van der Waals surface area contributed by atoms with E-state index in [1.807, 2.05) is 0 Å². The number of benzene rings is 1. The number of aliphatic hydroxyl groups excluding tert-OH is 1. The van der Waals surface area contributed by atoms with Gasteiger partial charge in [0.1, 0.15) is 5.75 Å². The number of phenols is 1. The molecule has 4 N–H and O–H groups in total. The Morgan fingerprint density at radius 2 is 2.15 bits per heavy atom. The molecular weight excluding hydrogens is 234 g/mol. The molecule has 1 atom stereocenters. The summed E-state index contributed by atoms with van der Waals surface area (Å²) in [6, 6.07) is 4.79. The van der Waals surface area contributed by atoms with Crippen LogP contribution >= 0.6 is 15.9 Å². The smallest absolute Gasteiger partial charge is 0.116 e. The van der Waals surface area contributed by atoms with E-state index in [0.29, 0.717) is 18.5 Å². The summed E-state index contributed by atoms with van der Waals surface area (Å²) in [5.41, 5.74) is 5.99. The SMILES string of the molecule is NCCC(O)c1cc(O)ccc1Br. The number of hydrogen-bond donors (Lipinski definition) is 3. The van der Waals surface area contributed by atoms with E-state index in [1.54, 1.807) is 12.1 Å². The van der Waals surface area contributed by atoms with Crippen LogP contribution in [0.3, 0.4) is 0 Å². The quantitative estimate of drug-likeness (QED) is 0.757. The zero-order valence-corrected chi connectivity index (χ0v) is 8.66. The van der Waals surface area contributed by atoms with Crippen molar-refractivity contribution in [1.29, 1.82) is 0 Å². The maximum Gasteiger partial charge on any atom is 0.116 e. The lowest BCUT2D eigenvalue weighted by atomic mass is 10.1. The van der Waals surface area contributed by atoms with E-state index in [1.165, 1.54) is 6.07 Å². The first kappa shape index (κ1) is 10.5. The van der Waals surface area contributed by atoms with Crippen LogP contribution in [0.25, 0.3) is 0 Å². The van der Waals surface area contributed by atoms with Gasteiger partial charge >= 0.3 is 0 Å². The lowest BCUT2D eigenvalue weighted by Gasteiger charge is -2.11. The minimum Gasteiger partial charge on any atom is -0.508 e. The molecule has 1 rings (SSSR count). The molecule has 0 aliphatic rings. The van der Waals surface area contributed by atoms with Crippen molar-refractivity contribution >= 4 is 15.9 Å². The average molecular weight is 246 g/mol. The molecule has 3 nitrogen and oxygen atoms in total. The number of aromatic hydroxyl groups is 1. The highest BCUT2D eigenvalue weighted by molar-refractivity contribution is 9.10. The molecule has 0 heterocycles. The van der Waals surface area contributed by atoms with Gasteiger partial charge in [-0.3, -0.25) is 0 Å². The number of nitrogens with two attached hydrogens (primary N) is 1. The van der Waals surface area contributed by atoms with Gasteiger partial charge in [-0.2, -0.15) is 0 Å². The molecule has 1 aromatic carbocycles. The van der Waals surface area contributed by atoms with Crippen molar-refractivity contribution in [3.8, 4) is 5.75 Å². The minimum absolute atomic E-state index is 0.147. The van der Waals surface area contributed by atoms with Crippen LogP contribution in [0.2, 0.25) is 0 Å². The first-order valence-corrected chi connectivity index (χ1v) is 4.81. The van der Waals surface area contributed by atoms with E-state index >= 15 is 0 Å². The molecule has 0 aromatic heterocycles. The van der Waals surface area contributed by atoms with Gasteiger partial charge < -0.3 is 15.9 Å². The van der Waals surface area contributed by atoms with Crippen LogP contribution in [0.15, 0.2) is 22.7 Å². The number of hydrogen-bond acceptors (Lipinski definition) is 3. The zero-order valence-electron chi connectivity index (χ0n) is 7.07. The summed E-state index contributed by atoms with van der Waals surface area (Å²) in [4.78, 5) is 0. The Morgan fingerprint density at radius 1 is 1.46 bits per heavy atom. The summed E-state index contributed by atoms with van der Waals surface area (Å²) in [6.07, 6.45) is -0.131. The molecule has 0 saturated carbocycles. The molecule has 0 radical (unpaired) electrons. The van der Waals surface area contributed by atoms with Gasteiger partial charge in [-0.15, -0.1) is 0 Å². The number of halogens is 1. The number of phenolic OH excluding ortho intramolecular Hbond substituents is 1. The Bertz CT molecular complexity index is 291. The zero-order chi connectivity index (χ0) is 9.84. The summed E-state index contributed by atoms with van der Waals surface area (Å²) >= 11 is 3.29. The van der Waals surface area contributed by atoms with E-state index in [-0.39, 0.29) is 5.75 Å². The second-order valence-corrected chi connectivity index (χ2v) is 3.65. The fraction of sp³-hybridized carbons (Fsp3) is 0.333. The molecule has 0 aliphatic carbocycles. The molecule has 1 aromatic rings. The monoisotopic (exact) mass is 245 g/mol. The molecule has 0 bridgehead atoms. The van der Waals surface area contributed by atoms with Crippen molar-refractivity contribution < 1.29 is 10.2 Å². The number of rotatable bonds is 3. The Balaban J connectivity index is 2.91. The summed E-state index contributed by atoms with van der Waals surface area (Å²) < 4.78 is 0.784. The minimum atomic E-state index is -0.619. The average Bonchev–Trinajstić information content (AvgIpc) is 2.09. The highest BCUT2D eigenvalue weighted by Gasteiger charge is 2.10. The predicted octanol–water partition coefficient (Wildman–Crippen LogP) is 1.54. The van der Waals surface area contributed by atoms with Gasteiger partial charge in [0.25, 0.3) is 0 Å². The van der Waals surface area contributed by atoms with Gasteiger partial charge in [-0.1, -0.05) is 15.9 Å². The first-order chi connectivity index (χ1) is 6.15. The van der Waals surface area contributed by atoms with Crippen LogP contribution in [0.1, 0.15) is 18.1 Å². The summed E-state index contributed by atoms with van der Waals surface area (Å²) in [5, 5.41) is 18.8. The standard InChI is InChI=1S/C9H12BrNO2/c10-8-2-1-6(12)5-7(8)9(13)3-4-11/h1-2,5,9,12-13H,3-4,11H2. The van der Waals surface area contributed by atoms with Crippen molar-refractivity contribution in [2.45, 2.75) is 12.5 Å². The molecular formula is C9H12BrNO2. The number of aliphatic hydroxyl groups is 1. The van der Waals surface area contributed by atoms with E-state index < -0.39 is 6.10 Å². The molecule has 0 saturated heterocycles. The molecule has 0 fully saturated rings. The predicted molar refractivity (Wildman–Crippen MR) is 54.4 cm³/mol. The van der Waals surface area contributed by atoms with Crippen molar-refractivity contribution in [2.75, 3.05) is 6.54 Å². The van der Waals surface area contributed by atoms with Crippen LogP contribution < -0.4 is 5.73 Å². The first-order valence-electron chi connectivity index (χ1n) is 4.01. The highest BCUT2D eigenvalue weighted by Crippen LogP contribution is 2.28. The van der Waals surface area contributed by atoms with Crippen LogP contribution in [-0.2, 0) is 0 Å². The lowest BCUT2D eigenvalue weighted by Crippen LogP contribution is -2.07. The summed E-state index contributed by atoms with van der Waals surface area (Å²) in [5.74, 6) is 0.147. The van der Waals surface area contributed by atoms with Crippen molar-refractivity contribution in [1.82, 2.24) is 0 Å². The fourth-order valence-electron chi connectivity index (χ4n) is 1.10. The molecule has 4 heteroatoms. The molecule has 0 amide bonds. The normalized spacial score (nSPS) is 12.8. The Hall–Kier alpha value is -0.580. The van der Waals surface area contributed by atoms with Crippen molar-refractivity contribution in [3.05, 3.63) is 28.2 Å². The van der Waals surface area contributed by atoms with Crippen LogP contribution in [0.5, 0.6) is 5.75 Å². The van der Waals surface area contributed by atoms with Gasteiger partial charge in [0.15, 0.2) is 0 Å². The Labute approximate surface area is 85.3 Å². The van der Waals surface area contributed by atoms with Crippen LogP contribution in [0, 0.1) is 0 Å². The second-order valence-electron chi connectivity index (χ2n) is 2.80. The Kier molecular flexibility index (Phi) is 3.71. The Morgan fingerprint density at radius 3 is 2.77 bits per heavy atom. The van der Waals surface area contributed by atoms with E-state index in [9.17, 15) is 10.2 Å². The topological polar surface area (TPSA) is 66.5 Å². The van der Waals surface area contributed by atoms with Gasteiger partial charge in [0.05, 0.1) is 6.10 Å². The van der Waals surface area contributed by atoms with Gasteiger partial charge in [-0.25, -0.2) is 0 Å². The molecule has 1 unspecified atom stereocenters. The fourth-order valence-corrected chi connectivity index (χ4v) is 1.61. The molecule has 0 spiro atoms. The van der Waals surface area contributed by atoms with Crippen LogP contribution in [-0.4, -0.2) is 16.8 Å². The van der Waals surface area contributed by atoms with Crippen molar-refractivity contribution in [3.63, 3.8) is 0 Å². The van der Waals surface area contributed by atoms with E-state index in [0.717, 1.165) is 4.47 Å². The molecule has 72 valence electrons. The largest absolute Gasteiger partial charge is 0.508 e. The van der Waals surface area contributed by atoms with E-state index in [4.69, 9.17) is 5.73 Å². The van der Waals surface area contributed by atoms with Gasteiger partial charge in [0.2, 0.25) is 0 Å². The maximum atomic E-state index is 9.60. The van der Waals surface area contributed by atoms with E-state index in [2.05, 4.69) is 15.9 Å². The van der Waals surface area contributed by atoms with Crippen molar-refractivity contribution in [2.24, 2.45) is 5.73 Å². The molecule has 13 heavy (non-hydrogen) atoms. The third-order valence-electron chi connectivity index (χ3n) is 1.78. The van der Waals surface area contributed by atoms with Crippen LogP contribution in [0.4, 0.5) is 0 Å². The highest BCUT2D eigenvalue weighted by atomic mass is 79.9. The maximum absolute atomic E-state index is 9.60. The summed E-state index contributed by atoms with van der Waals surface area (Å²) in [7, 11) is 0. The summed E-state index contributed by atoms with van der Waals surface area (Å²) in [6.45, 7) is 0.420. The van der Waals surface area contributed by atoms with Gasteiger partial charge in [0, 0.05) is 4.47 Å². The molecule has 0 aliphatic heterocycles. The third-order valence-corrected chi connectivity index (χ3v) is 2.50.